The summed E-state index contributed by atoms with van der Waals surface area (Å²) in [5.74, 6) is -5.12. The number of carbonyl (C=O) groups excluding carboxylic acids is 1. The monoisotopic (exact) mass is 571 g/mol. The highest BCUT2D eigenvalue weighted by molar-refractivity contribution is 6.99. The molecule has 40 heavy (non-hydrogen) atoms. The minimum Gasteiger partial charge on any atom is -0.402 e. The Bertz CT molecular complexity index is 1290. The average Bonchev–Trinajstić information content (AvgIpc) is 2.88. The fraction of sp³-hybridized carbons (Fsp3) is 0.387. The van der Waals surface area contributed by atoms with E-state index < -0.39 is 60.8 Å². The SMILES string of the molecule is CC(O[Si](c1ccccc1)(c1ccccc1)C(C)(C)C)C(c1cc(F)c(F)c(F)c1)N1CC(C)(C)OC(O)C1=O. The molecule has 3 unspecified atom stereocenters. The van der Waals surface area contributed by atoms with Crippen LogP contribution in [0.2, 0.25) is 5.04 Å². The maximum absolute atomic E-state index is 14.6. The topological polar surface area (TPSA) is 59.0 Å². The van der Waals surface area contributed by atoms with Crippen LogP contribution in [0, 0.1) is 17.5 Å². The molecule has 1 aliphatic heterocycles. The van der Waals surface area contributed by atoms with E-state index in [0.717, 1.165) is 22.5 Å². The lowest BCUT2D eigenvalue weighted by Gasteiger charge is -2.49. The van der Waals surface area contributed by atoms with Gasteiger partial charge in [-0.2, -0.15) is 0 Å². The number of carbonyl (C=O) groups is 1. The van der Waals surface area contributed by atoms with E-state index in [1.807, 2.05) is 60.7 Å². The summed E-state index contributed by atoms with van der Waals surface area (Å²) < 4.78 is 55.9. The van der Waals surface area contributed by atoms with Crippen molar-refractivity contribution >= 4 is 24.6 Å². The molecular weight excluding hydrogens is 535 g/mol. The van der Waals surface area contributed by atoms with E-state index >= 15 is 0 Å². The molecule has 0 radical (unpaired) electrons. The minimum absolute atomic E-state index is 0.00260. The van der Waals surface area contributed by atoms with Crippen molar-refractivity contribution in [3.8, 4) is 0 Å². The maximum Gasteiger partial charge on any atom is 0.280 e. The Balaban J connectivity index is 1.93. The van der Waals surface area contributed by atoms with Gasteiger partial charge in [0, 0.05) is 0 Å². The molecule has 0 spiro atoms. The molecule has 214 valence electrons. The summed E-state index contributed by atoms with van der Waals surface area (Å²) in [6, 6.07) is 20.3. The van der Waals surface area contributed by atoms with Crippen molar-refractivity contribution in [2.45, 2.75) is 70.6 Å². The van der Waals surface area contributed by atoms with Gasteiger partial charge in [0.2, 0.25) is 6.29 Å². The first-order valence-corrected chi connectivity index (χ1v) is 15.2. The van der Waals surface area contributed by atoms with Crippen molar-refractivity contribution in [2.75, 3.05) is 6.54 Å². The van der Waals surface area contributed by atoms with Gasteiger partial charge < -0.3 is 19.2 Å². The van der Waals surface area contributed by atoms with Gasteiger partial charge >= 0.3 is 0 Å². The molecule has 0 bridgehead atoms. The van der Waals surface area contributed by atoms with Crippen molar-refractivity contribution < 1.29 is 32.2 Å². The fourth-order valence-electron chi connectivity index (χ4n) is 5.74. The normalized spacial score (nSPS) is 19.4. The van der Waals surface area contributed by atoms with Crippen molar-refractivity contribution in [3.05, 3.63) is 95.8 Å². The summed E-state index contributed by atoms with van der Waals surface area (Å²) in [6.07, 6.45) is -2.62. The van der Waals surface area contributed by atoms with E-state index in [0.29, 0.717) is 0 Å². The highest BCUT2D eigenvalue weighted by Crippen LogP contribution is 2.41. The van der Waals surface area contributed by atoms with Crippen LogP contribution >= 0.6 is 0 Å². The molecule has 1 amide bonds. The third kappa shape index (κ3) is 5.61. The largest absolute Gasteiger partial charge is 0.402 e. The zero-order chi connectivity index (χ0) is 29.5. The van der Waals surface area contributed by atoms with E-state index in [9.17, 15) is 23.1 Å². The second-order valence-electron chi connectivity index (χ2n) is 11.9. The van der Waals surface area contributed by atoms with Gasteiger partial charge in [-0.3, -0.25) is 4.79 Å². The highest BCUT2D eigenvalue weighted by Gasteiger charge is 2.53. The summed E-state index contributed by atoms with van der Waals surface area (Å²) >= 11 is 0. The standard InChI is InChI=1S/C31H36F3NO4Si/c1-20(39-40(30(2,3)4,22-13-9-7-10-14-22)23-15-11-8-12-16-23)27(21-17-24(32)26(34)25(33)18-21)35-19-31(5,6)38-29(37)28(35)36/h7-18,20,27,29,37H,19H2,1-6H3. The smallest absolute Gasteiger partial charge is 0.280 e. The molecule has 1 N–H and O–H groups in total. The van der Waals surface area contributed by atoms with Crippen LogP contribution in [0.4, 0.5) is 13.2 Å². The number of rotatable bonds is 7. The van der Waals surface area contributed by atoms with Crippen LogP contribution in [0.3, 0.4) is 0 Å². The number of hydrogen-bond donors (Lipinski definition) is 1. The number of amides is 1. The van der Waals surface area contributed by atoms with Gasteiger partial charge in [0.15, 0.2) is 17.5 Å². The summed E-state index contributed by atoms with van der Waals surface area (Å²) in [6.45, 7) is 11.4. The van der Waals surface area contributed by atoms with E-state index in [1.54, 1.807) is 20.8 Å². The Kier molecular flexibility index (Phi) is 8.34. The first-order valence-electron chi connectivity index (χ1n) is 13.3. The zero-order valence-corrected chi connectivity index (χ0v) is 24.6. The van der Waals surface area contributed by atoms with Crippen LogP contribution in [0.25, 0.3) is 0 Å². The van der Waals surface area contributed by atoms with Crippen molar-refractivity contribution in [1.82, 2.24) is 4.90 Å². The Morgan fingerprint density at radius 1 is 0.975 bits per heavy atom. The fourth-order valence-corrected chi connectivity index (χ4v) is 10.4. The second kappa shape index (κ2) is 11.1. The minimum atomic E-state index is -3.18. The lowest BCUT2D eigenvalue weighted by molar-refractivity contribution is -0.226. The molecule has 3 aromatic carbocycles. The molecule has 0 aromatic heterocycles. The van der Waals surface area contributed by atoms with Crippen molar-refractivity contribution in [2.24, 2.45) is 0 Å². The van der Waals surface area contributed by atoms with E-state index in [1.165, 1.54) is 4.90 Å². The Morgan fingerprint density at radius 2 is 1.45 bits per heavy atom. The molecule has 1 saturated heterocycles. The van der Waals surface area contributed by atoms with Crippen LogP contribution < -0.4 is 10.4 Å². The summed E-state index contributed by atoms with van der Waals surface area (Å²) in [4.78, 5) is 14.6. The third-order valence-corrected chi connectivity index (χ3v) is 12.5. The first-order chi connectivity index (χ1) is 18.7. The number of aliphatic hydroxyl groups excluding tert-OH is 1. The molecule has 0 saturated carbocycles. The number of nitrogens with zero attached hydrogens (tertiary/aromatic N) is 1. The summed E-state index contributed by atoms with van der Waals surface area (Å²) in [7, 11) is -3.18. The van der Waals surface area contributed by atoms with Gasteiger partial charge in [-0.25, -0.2) is 13.2 Å². The molecule has 1 fully saturated rings. The van der Waals surface area contributed by atoms with Gasteiger partial charge in [0.05, 0.1) is 24.3 Å². The van der Waals surface area contributed by atoms with Gasteiger partial charge in [0.25, 0.3) is 14.2 Å². The lowest BCUT2D eigenvalue weighted by Crippen LogP contribution is -2.68. The number of halogens is 3. The molecular formula is C31H36F3NO4Si. The highest BCUT2D eigenvalue weighted by atomic mass is 28.4. The molecule has 5 nitrogen and oxygen atoms in total. The number of hydrogen-bond acceptors (Lipinski definition) is 4. The Hall–Kier alpha value is -2.98. The van der Waals surface area contributed by atoms with Gasteiger partial charge in [0.1, 0.15) is 0 Å². The Labute approximate surface area is 234 Å². The predicted molar refractivity (Wildman–Crippen MR) is 150 cm³/mol. The van der Waals surface area contributed by atoms with Crippen LogP contribution in [0.1, 0.15) is 53.1 Å². The van der Waals surface area contributed by atoms with Crippen molar-refractivity contribution in [3.63, 3.8) is 0 Å². The quantitative estimate of drug-likeness (QED) is 0.318. The number of benzene rings is 3. The molecule has 3 atom stereocenters. The van der Waals surface area contributed by atoms with Gasteiger partial charge in [-0.15, -0.1) is 0 Å². The van der Waals surface area contributed by atoms with Crippen LogP contribution in [-0.4, -0.2) is 48.8 Å². The van der Waals surface area contributed by atoms with Crippen LogP contribution in [0.5, 0.6) is 0 Å². The molecule has 1 aliphatic rings. The molecule has 9 heteroatoms. The summed E-state index contributed by atoms with van der Waals surface area (Å²) in [5, 5.41) is 12.0. The van der Waals surface area contributed by atoms with Crippen LogP contribution in [-0.2, 0) is 14.0 Å². The Morgan fingerprint density at radius 3 is 1.90 bits per heavy atom. The number of morpholine rings is 1. The second-order valence-corrected chi connectivity index (χ2v) is 16.2. The number of ether oxygens (including phenoxy) is 1. The maximum atomic E-state index is 14.6. The predicted octanol–water partition coefficient (Wildman–Crippen LogP) is 5.07. The molecule has 0 aliphatic carbocycles. The third-order valence-electron chi connectivity index (χ3n) is 7.38. The van der Waals surface area contributed by atoms with Gasteiger partial charge in [-0.05, 0) is 53.9 Å². The van der Waals surface area contributed by atoms with Crippen molar-refractivity contribution in [1.29, 1.82) is 0 Å². The molecule has 1 heterocycles. The first kappa shape index (κ1) is 30.0. The number of aliphatic hydroxyl groups is 1. The van der Waals surface area contributed by atoms with Gasteiger partial charge in [-0.1, -0.05) is 81.4 Å². The van der Waals surface area contributed by atoms with Crippen LogP contribution in [0.15, 0.2) is 72.8 Å². The summed E-state index contributed by atoms with van der Waals surface area (Å²) in [5.41, 5.74) is -0.958. The average molecular weight is 572 g/mol. The van der Waals surface area contributed by atoms with E-state index in [2.05, 4.69) is 20.8 Å². The van der Waals surface area contributed by atoms with E-state index in [4.69, 9.17) is 9.16 Å². The zero-order valence-electron chi connectivity index (χ0n) is 23.6. The molecule has 4 rings (SSSR count). The molecule has 3 aromatic rings. The van der Waals surface area contributed by atoms with E-state index in [-0.39, 0.29) is 12.1 Å². The lowest BCUT2D eigenvalue weighted by atomic mass is 9.96.